The molecule has 0 unspecified atom stereocenters. The highest BCUT2D eigenvalue weighted by atomic mass is 32.1. The van der Waals surface area contributed by atoms with Crippen LogP contribution in [0.15, 0.2) is 47.2 Å². The first-order chi connectivity index (χ1) is 10.7. The molecule has 0 atom stereocenters. The summed E-state index contributed by atoms with van der Waals surface area (Å²) < 4.78 is 0. The smallest absolute Gasteiger partial charge is 0.270 e. The summed E-state index contributed by atoms with van der Waals surface area (Å²) >= 11 is 3.25. The molecule has 22 heavy (non-hydrogen) atoms. The van der Waals surface area contributed by atoms with E-state index in [4.69, 9.17) is 0 Å². The number of thiazole rings is 1. The Kier molecular flexibility index (Phi) is 4.45. The van der Waals surface area contributed by atoms with E-state index in [2.05, 4.69) is 21.7 Å². The van der Waals surface area contributed by atoms with Gasteiger partial charge in [0.15, 0.2) is 5.13 Å². The zero-order chi connectivity index (χ0) is 15.4. The van der Waals surface area contributed by atoms with E-state index in [0.29, 0.717) is 0 Å². The van der Waals surface area contributed by atoms with E-state index in [0.717, 1.165) is 29.4 Å². The summed E-state index contributed by atoms with van der Waals surface area (Å²) in [4.78, 5) is 16.3. The number of hydrogen-bond acceptors (Lipinski definition) is 6. The molecule has 0 radical (unpaired) electrons. The van der Waals surface area contributed by atoms with Crippen molar-refractivity contribution in [3.8, 4) is 11.3 Å². The van der Waals surface area contributed by atoms with Crippen molar-refractivity contribution in [1.82, 2.24) is 4.98 Å². The van der Waals surface area contributed by atoms with Gasteiger partial charge in [0.25, 0.3) is 5.69 Å². The third-order valence-electron chi connectivity index (χ3n) is 3.08. The minimum atomic E-state index is -0.393. The first-order valence-electron chi connectivity index (χ1n) is 6.69. The van der Waals surface area contributed by atoms with Gasteiger partial charge < -0.3 is 5.32 Å². The van der Waals surface area contributed by atoms with Gasteiger partial charge in [-0.15, -0.1) is 22.7 Å². The highest BCUT2D eigenvalue weighted by Crippen LogP contribution is 2.27. The predicted molar refractivity (Wildman–Crippen MR) is 90.7 cm³/mol. The maximum Gasteiger partial charge on any atom is 0.270 e. The number of aromatic nitrogens is 1. The Balaban J connectivity index is 1.65. The average Bonchev–Trinajstić information content (AvgIpc) is 3.19. The molecule has 1 N–H and O–H groups in total. The van der Waals surface area contributed by atoms with Crippen LogP contribution in [0.1, 0.15) is 4.88 Å². The number of thiophene rings is 1. The maximum atomic E-state index is 10.8. The molecule has 0 saturated heterocycles. The fourth-order valence-corrected chi connectivity index (χ4v) is 3.47. The summed E-state index contributed by atoms with van der Waals surface area (Å²) in [5.41, 5.74) is 1.60. The molecule has 0 saturated carbocycles. The molecule has 2 aromatic heterocycles. The molecule has 0 spiro atoms. The molecule has 1 aromatic carbocycles. The summed E-state index contributed by atoms with van der Waals surface area (Å²) in [5.74, 6) is 0. The highest BCUT2D eigenvalue weighted by molar-refractivity contribution is 7.14. The van der Waals surface area contributed by atoms with Crippen LogP contribution in [0.5, 0.6) is 0 Å². The Morgan fingerprint density at radius 3 is 2.91 bits per heavy atom. The van der Waals surface area contributed by atoms with Crippen molar-refractivity contribution < 1.29 is 4.92 Å². The second-order valence-electron chi connectivity index (χ2n) is 4.60. The highest BCUT2D eigenvalue weighted by Gasteiger charge is 2.09. The van der Waals surface area contributed by atoms with Crippen LogP contribution in [0, 0.1) is 10.1 Å². The van der Waals surface area contributed by atoms with Gasteiger partial charge in [-0.1, -0.05) is 18.2 Å². The van der Waals surface area contributed by atoms with Crippen molar-refractivity contribution in [3.05, 3.63) is 62.1 Å². The molecule has 7 heteroatoms. The first-order valence-corrected chi connectivity index (χ1v) is 8.45. The second kappa shape index (κ2) is 6.67. The number of hydrogen-bond donors (Lipinski definition) is 1. The molecule has 5 nitrogen and oxygen atoms in total. The van der Waals surface area contributed by atoms with E-state index in [-0.39, 0.29) is 5.69 Å². The number of non-ortho nitro benzene ring substituents is 1. The van der Waals surface area contributed by atoms with Gasteiger partial charge in [-0.3, -0.25) is 10.1 Å². The number of anilines is 1. The topological polar surface area (TPSA) is 68.1 Å². The molecular weight excluding hydrogens is 318 g/mol. The Hall–Kier alpha value is -2.25. The van der Waals surface area contributed by atoms with Gasteiger partial charge in [0, 0.05) is 34.5 Å². The number of nitrogens with one attached hydrogen (secondary N) is 1. The van der Waals surface area contributed by atoms with Crippen LogP contribution in [-0.4, -0.2) is 16.5 Å². The van der Waals surface area contributed by atoms with Crippen molar-refractivity contribution in [2.75, 3.05) is 11.9 Å². The van der Waals surface area contributed by atoms with E-state index in [9.17, 15) is 10.1 Å². The standard InChI is InChI=1S/C15H13N3O2S2/c19-18(20)12-4-1-3-11(9-12)14-10-22-15(17-14)16-7-6-13-5-2-8-21-13/h1-5,8-10H,6-7H2,(H,16,17). The van der Waals surface area contributed by atoms with E-state index in [1.165, 1.54) is 22.3 Å². The second-order valence-corrected chi connectivity index (χ2v) is 6.49. The molecule has 0 aliphatic rings. The quantitative estimate of drug-likeness (QED) is 0.536. The number of nitro groups is 1. The minimum absolute atomic E-state index is 0.0812. The lowest BCUT2D eigenvalue weighted by Crippen LogP contribution is -2.03. The normalized spacial score (nSPS) is 10.5. The lowest BCUT2D eigenvalue weighted by atomic mass is 10.1. The van der Waals surface area contributed by atoms with E-state index >= 15 is 0 Å². The number of nitrogens with zero attached hydrogens (tertiary/aromatic N) is 2. The first kappa shape index (κ1) is 14.7. The summed E-state index contributed by atoms with van der Waals surface area (Å²) in [7, 11) is 0. The van der Waals surface area contributed by atoms with Crippen LogP contribution in [0.25, 0.3) is 11.3 Å². The van der Waals surface area contributed by atoms with E-state index in [1.54, 1.807) is 23.5 Å². The summed E-state index contributed by atoms with van der Waals surface area (Å²) in [6.07, 6.45) is 0.962. The molecule has 0 bridgehead atoms. The van der Waals surface area contributed by atoms with Gasteiger partial charge in [0.05, 0.1) is 10.6 Å². The van der Waals surface area contributed by atoms with Crippen LogP contribution >= 0.6 is 22.7 Å². The molecule has 0 fully saturated rings. The Morgan fingerprint density at radius 1 is 1.23 bits per heavy atom. The number of rotatable bonds is 6. The van der Waals surface area contributed by atoms with Crippen molar-refractivity contribution in [2.45, 2.75) is 6.42 Å². The van der Waals surface area contributed by atoms with Crippen molar-refractivity contribution in [2.24, 2.45) is 0 Å². The SMILES string of the molecule is O=[N+]([O-])c1cccc(-c2csc(NCCc3cccs3)n2)c1. The average molecular weight is 331 g/mol. The Bertz CT molecular complexity index is 769. The van der Waals surface area contributed by atoms with Crippen LogP contribution in [0.2, 0.25) is 0 Å². The van der Waals surface area contributed by atoms with Gasteiger partial charge >= 0.3 is 0 Å². The molecule has 3 aromatic rings. The van der Waals surface area contributed by atoms with Crippen molar-refractivity contribution >= 4 is 33.5 Å². The van der Waals surface area contributed by atoms with E-state index < -0.39 is 4.92 Å². The van der Waals surface area contributed by atoms with Gasteiger partial charge in [-0.25, -0.2) is 4.98 Å². The Labute approximate surface area is 135 Å². The van der Waals surface area contributed by atoms with Gasteiger partial charge in [0.2, 0.25) is 0 Å². The molecule has 2 heterocycles. The van der Waals surface area contributed by atoms with Crippen LogP contribution < -0.4 is 5.32 Å². The van der Waals surface area contributed by atoms with Crippen LogP contribution in [0.3, 0.4) is 0 Å². The lowest BCUT2D eigenvalue weighted by Gasteiger charge is -2.00. The molecular formula is C15H13N3O2S2. The van der Waals surface area contributed by atoms with Crippen molar-refractivity contribution in [1.29, 1.82) is 0 Å². The third kappa shape index (κ3) is 3.49. The molecule has 0 aliphatic heterocycles. The third-order valence-corrected chi connectivity index (χ3v) is 4.82. The molecule has 3 rings (SSSR count). The van der Waals surface area contributed by atoms with E-state index in [1.807, 2.05) is 17.5 Å². The molecule has 0 aliphatic carbocycles. The summed E-state index contributed by atoms with van der Waals surface area (Å²) in [6.45, 7) is 0.822. The zero-order valence-electron chi connectivity index (χ0n) is 11.6. The monoisotopic (exact) mass is 331 g/mol. The van der Waals surface area contributed by atoms with Crippen molar-refractivity contribution in [3.63, 3.8) is 0 Å². The number of nitro benzene ring substituents is 1. The van der Waals surface area contributed by atoms with Gasteiger partial charge in [-0.2, -0.15) is 0 Å². The van der Waals surface area contributed by atoms with Crippen LogP contribution in [-0.2, 0) is 6.42 Å². The molecule has 0 amide bonds. The fraction of sp³-hybridized carbons (Fsp3) is 0.133. The summed E-state index contributed by atoms with van der Waals surface area (Å²) in [6, 6.07) is 10.7. The number of benzene rings is 1. The maximum absolute atomic E-state index is 10.8. The fourth-order valence-electron chi connectivity index (χ4n) is 2.01. The van der Waals surface area contributed by atoms with Crippen LogP contribution in [0.4, 0.5) is 10.8 Å². The molecule has 112 valence electrons. The minimum Gasteiger partial charge on any atom is -0.361 e. The van der Waals surface area contributed by atoms with Gasteiger partial charge in [0.1, 0.15) is 0 Å². The lowest BCUT2D eigenvalue weighted by molar-refractivity contribution is -0.384. The van der Waals surface area contributed by atoms with Gasteiger partial charge in [-0.05, 0) is 17.9 Å². The zero-order valence-corrected chi connectivity index (χ0v) is 13.2. The predicted octanol–water partition coefficient (Wildman–Crippen LogP) is 4.43. The summed E-state index contributed by atoms with van der Waals surface area (Å²) in [5, 5.41) is 18.9. The Morgan fingerprint density at radius 2 is 2.14 bits per heavy atom. The largest absolute Gasteiger partial charge is 0.361 e.